The number of hydrogen-bond donors (Lipinski definition) is 0. The highest BCUT2D eigenvalue weighted by molar-refractivity contribution is 7.92. The highest BCUT2D eigenvalue weighted by Crippen LogP contribution is 2.38. The summed E-state index contributed by atoms with van der Waals surface area (Å²) in [6.07, 6.45) is 6.80. The molecule has 7 heteroatoms. The smallest absolute Gasteiger partial charge is 0.232 e. The van der Waals surface area contributed by atoms with Crippen molar-refractivity contribution in [1.29, 1.82) is 0 Å². The van der Waals surface area contributed by atoms with E-state index in [1.165, 1.54) is 22.7 Å². The second-order valence-corrected chi connectivity index (χ2v) is 8.03. The Hall–Kier alpha value is -2.72. The number of halogens is 1. The summed E-state index contributed by atoms with van der Waals surface area (Å²) in [6, 6.07) is 9.88. The van der Waals surface area contributed by atoms with Crippen LogP contribution in [0.2, 0.25) is 0 Å². The normalized spacial score (nSPS) is 13.5. The lowest BCUT2D eigenvalue weighted by Gasteiger charge is -2.29. The van der Waals surface area contributed by atoms with Crippen molar-refractivity contribution in [2.75, 3.05) is 34.2 Å². The van der Waals surface area contributed by atoms with Crippen LogP contribution in [-0.4, -0.2) is 28.3 Å². The van der Waals surface area contributed by atoms with E-state index in [-0.39, 0.29) is 12.4 Å². The van der Waals surface area contributed by atoms with Gasteiger partial charge in [-0.2, -0.15) is 0 Å². The Kier molecular flexibility index (Phi) is 4.55. The maximum atomic E-state index is 13.2. The van der Waals surface area contributed by atoms with Gasteiger partial charge in [-0.15, -0.1) is 6.42 Å². The van der Waals surface area contributed by atoms with Crippen LogP contribution in [0.3, 0.4) is 0 Å². The van der Waals surface area contributed by atoms with Gasteiger partial charge >= 0.3 is 0 Å². The average Bonchev–Trinajstić information content (AvgIpc) is 2.90. The molecule has 0 aliphatic carbocycles. The van der Waals surface area contributed by atoms with Crippen LogP contribution in [0, 0.1) is 18.2 Å². The van der Waals surface area contributed by atoms with Crippen LogP contribution in [0.25, 0.3) is 0 Å². The highest BCUT2D eigenvalue weighted by atomic mass is 32.2. The Morgan fingerprint density at radius 3 is 2.46 bits per heavy atom. The van der Waals surface area contributed by atoms with E-state index in [4.69, 9.17) is 6.42 Å². The Labute approximate surface area is 153 Å². The topological polar surface area (TPSA) is 43.9 Å². The van der Waals surface area contributed by atoms with Crippen LogP contribution >= 0.6 is 0 Å². The van der Waals surface area contributed by atoms with E-state index in [1.807, 2.05) is 23.1 Å². The molecule has 1 heterocycles. The van der Waals surface area contributed by atoms with Crippen molar-refractivity contribution in [1.82, 2.24) is 0 Å². The fraction of sp³-hybridized carbons (Fsp3) is 0.263. The molecule has 0 spiro atoms. The van der Waals surface area contributed by atoms with Gasteiger partial charge in [0.25, 0.3) is 0 Å². The summed E-state index contributed by atoms with van der Waals surface area (Å²) < 4.78 is 38.8. The molecule has 0 saturated heterocycles. The van der Waals surface area contributed by atoms with Gasteiger partial charge in [0.1, 0.15) is 5.82 Å². The molecule has 1 aliphatic heterocycles. The summed E-state index contributed by atoms with van der Waals surface area (Å²) in [7, 11) is -1.56. The molecule has 0 N–H and O–H groups in total. The first-order valence-corrected chi connectivity index (χ1v) is 9.99. The lowest BCUT2D eigenvalue weighted by Crippen LogP contribution is -2.34. The van der Waals surface area contributed by atoms with Gasteiger partial charge in [0.2, 0.25) is 10.0 Å². The zero-order valence-electron chi connectivity index (χ0n) is 14.9. The Morgan fingerprint density at radius 1 is 1.27 bits per heavy atom. The zero-order chi connectivity index (χ0) is 19.1. The van der Waals surface area contributed by atoms with Gasteiger partial charge in [0.15, 0.2) is 0 Å². The van der Waals surface area contributed by atoms with Gasteiger partial charge in [0, 0.05) is 24.7 Å². The molecule has 2 aromatic carbocycles. The summed E-state index contributed by atoms with van der Waals surface area (Å²) in [6.45, 7) is 2.62. The van der Waals surface area contributed by atoms with Gasteiger partial charge in [-0.1, -0.05) is 5.92 Å². The first-order chi connectivity index (χ1) is 12.3. The summed E-state index contributed by atoms with van der Waals surface area (Å²) >= 11 is 0. The monoisotopic (exact) mass is 373 g/mol. The molecule has 3 rings (SSSR count). The van der Waals surface area contributed by atoms with Crippen LogP contribution < -0.4 is 14.3 Å². The van der Waals surface area contributed by atoms with E-state index in [9.17, 15) is 12.8 Å². The van der Waals surface area contributed by atoms with Crippen molar-refractivity contribution in [3.05, 3.63) is 53.3 Å². The van der Waals surface area contributed by atoms with Crippen molar-refractivity contribution in [3.8, 4) is 12.3 Å². The predicted octanol–water partition coefficient (Wildman–Crippen LogP) is 2.96. The van der Waals surface area contributed by atoms with E-state index in [1.54, 1.807) is 25.1 Å². The van der Waals surface area contributed by atoms with Crippen LogP contribution in [-0.2, 0) is 16.6 Å². The number of rotatable bonds is 4. The average molecular weight is 373 g/mol. The van der Waals surface area contributed by atoms with E-state index in [2.05, 4.69) is 5.92 Å². The third-order valence-corrected chi connectivity index (χ3v) is 5.72. The Bertz CT molecular complexity index is 981. The lowest BCUT2D eigenvalue weighted by atomic mass is 10.1. The first-order valence-electron chi connectivity index (χ1n) is 8.14. The van der Waals surface area contributed by atoms with Crippen molar-refractivity contribution in [3.63, 3.8) is 0 Å². The second-order valence-electron chi connectivity index (χ2n) is 6.13. The molecule has 0 saturated carbocycles. The molecule has 0 aromatic heterocycles. The van der Waals surface area contributed by atoms with Gasteiger partial charge in [0.05, 0.1) is 29.9 Å². The molecule has 0 radical (unpaired) electrons. The van der Waals surface area contributed by atoms with Crippen LogP contribution in [0.4, 0.5) is 21.5 Å². The van der Waals surface area contributed by atoms with E-state index in [0.717, 1.165) is 16.9 Å². The van der Waals surface area contributed by atoms with Gasteiger partial charge < -0.3 is 0 Å². The third kappa shape index (κ3) is 3.08. The molecule has 0 atom stereocenters. The van der Waals surface area contributed by atoms with E-state index < -0.39 is 10.0 Å². The minimum absolute atomic E-state index is 0.289. The standard InChI is InChI=1S/C19H20FN3O2S/c1-5-14-11-15-13-22(17-9-7-16(20)8-10-17)21(3)18(15)12-19(14)23(6-2)26(4,24)25/h1,7-12H,6,13H2,2-4H3. The number of anilines is 3. The molecule has 0 fully saturated rings. The number of hydrazine groups is 1. The zero-order valence-corrected chi connectivity index (χ0v) is 15.7. The quantitative estimate of drug-likeness (QED) is 0.773. The highest BCUT2D eigenvalue weighted by Gasteiger charge is 2.28. The number of hydrogen-bond acceptors (Lipinski definition) is 4. The molecule has 26 heavy (non-hydrogen) atoms. The number of sulfonamides is 1. The first kappa shape index (κ1) is 18.1. The fourth-order valence-corrected chi connectivity index (χ4v) is 4.21. The van der Waals surface area contributed by atoms with Gasteiger partial charge in [-0.3, -0.25) is 14.3 Å². The molecule has 0 amide bonds. The number of nitrogens with zero attached hydrogens (tertiary/aromatic N) is 3. The van der Waals surface area contributed by atoms with E-state index in [0.29, 0.717) is 17.8 Å². The SMILES string of the molecule is C#Cc1cc2c(cc1N(CC)S(C)(=O)=O)N(C)N(c1ccc(F)cc1)C2. The number of terminal acetylenes is 1. The van der Waals surface area contributed by atoms with Gasteiger partial charge in [-0.05, 0) is 43.3 Å². The fourth-order valence-electron chi connectivity index (χ4n) is 3.23. The number of fused-ring (bicyclic) bond motifs is 1. The molecule has 0 unspecified atom stereocenters. The van der Waals surface area contributed by atoms with Crippen molar-refractivity contribution < 1.29 is 12.8 Å². The molecule has 2 aromatic rings. The van der Waals surface area contributed by atoms with Gasteiger partial charge in [-0.25, -0.2) is 12.8 Å². The summed E-state index contributed by atoms with van der Waals surface area (Å²) in [4.78, 5) is 0. The second kappa shape index (κ2) is 6.54. The maximum absolute atomic E-state index is 13.2. The molecule has 0 bridgehead atoms. The molecular weight excluding hydrogens is 353 g/mol. The van der Waals surface area contributed by atoms with E-state index >= 15 is 0 Å². The summed E-state index contributed by atoms with van der Waals surface area (Å²) in [5, 5.41) is 3.90. The third-order valence-electron chi connectivity index (χ3n) is 4.46. The van der Waals surface area contributed by atoms with Crippen molar-refractivity contribution in [2.24, 2.45) is 0 Å². The summed E-state index contributed by atoms with van der Waals surface area (Å²) in [5.41, 5.74) is 3.71. The minimum atomic E-state index is -3.44. The molecule has 136 valence electrons. The minimum Gasteiger partial charge on any atom is -0.288 e. The molecule has 5 nitrogen and oxygen atoms in total. The predicted molar refractivity (Wildman–Crippen MR) is 103 cm³/mol. The largest absolute Gasteiger partial charge is 0.288 e. The maximum Gasteiger partial charge on any atom is 0.232 e. The van der Waals surface area contributed by atoms with Crippen LogP contribution in [0.15, 0.2) is 36.4 Å². The summed E-state index contributed by atoms with van der Waals surface area (Å²) in [5.74, 6) is 2.30. The van der Waals surface area contributed by atoms with Crippen LogP contribution in [0.1, 0.15) is 18.1 Å². The molecule has 1 aliphatic rings. The molecular formula is C19H20FN3O2S. The van der Waals surface area contributed by atoms with Crippen molar-refractivity contribution >= 4 is 27.1 Å². The lowest BCUT2D eigenvalue weighted by molar-refractivity contribution is 0.597. The Morgan fingerprint density at radius 2 is 1.92 bits per heavy atom. The Balaban J connectivity index is 2.07. The van der Waals surface area contributed by atoms with Crippen LogP contribution in [0.5, 0.6) is 0 Å². The van der Waals surface area contributed by atoms with Crippen molar-refractivity contribution in [2.45, 2.75) is 13.5 Å². The number of benzene rings is 2.